The fourth-order valence-corrected chi connectivity index (χ4v) is 1.67. The molecule has 0 amide bonds. The van der Waals surface area contributed by atoms with Gasteiger partial charge in [0.2, 0.25) is 0 Å². The molecule has 0 atom stereocenters. The number of rotatable bonds is 5. The van der Waals surface area contributed by atoms with Crippen molar-refractivity contribution in [2.24, 2.45) is 0 Å². The van der Waals surface area contributed by atoms with Crippen LogP contribution in [-0.4, -0.2) is 12.4 Å². The summed E-state index contributed by atoms with van der Waals surface area (Å²) in [7, 11) is 0. The Morgan fingerprint density at radius 1 is 1.29 bits per heavy atom. The molecule has 0 saturated carbocycles. The van der Waals surface area contributed by atoms with E-state index >= 15 is 0 Å². The maximum absolute atomic E-state index is 11.4. The van der Waals surface area contributed by atoms with Crippen LogP contribution in [0.25, 0.3) is 0 Å². The van der Waals surface area contributed by atoms with Crippen LogP contribution in [0.3, 0.4) is 0 Å². The Morgan fingerprint density at radius 3 is 2.79 bits per heavy atom. The highest BCUT2D eigenvalue weighted by Crippen LogP contribution is 2.22. The van der Waals surface area contributed by atoms with E-state index in [4.69, 9.17) is 4.74 Å². The van der Waals surface area contributed by atoms with Crippen molar-refractivity contribution < 1.29 is 9.53 Å². The first-order valence-electron chi connectivity index (χ1n) is 5.61. The Bertz CT molecular complexity index is 228. The summed E-state index contributed by atoms with van der Waals surface area (Å²) < 4.78 is 5.63. The van der Waals surface area contributed by atoms with E-state index in [1.54, 1.807) is 0 Å². The second-order valence-corrected chi connectivity index (χ2v) is 3.88. The van der Waals surface area contributed by atoms with Crippen LogP contribution >= 0.6 is 0 Å². The third-order valence-electron chi connectivity index (χ3n) is 2.67. The average Bonchev–Trinajstić information content (AvgIpc) is 2.19. The van der Waals surface area contributed by atoms with E-state index in [-0.39, 0.29) is 5.78 Å². The Balaban J connectivity index is 2.35. The predicted molar refractivity (Wildman–Crippen MR) is 57.0 cm³/mol. The lowest BCUT2D eigenvalue weighted by atomic mass is 9.98. The van der Waals surface area contributed by atoms with E-state index in [1.165, 1.54) is 12.8 Å². The molecule has 0 N–H and O–H groups in total. The smallest absolute Gasteiger partial charge is 0.161 e. The van der Waals surface area contributed by atoms with Crippen molar-refractivity contribution in [3.63, 3.8) is 0 Å². The maximum atomic E-state index is 11.4. The topological polar surface area (TPSA) is 26.3 Å². The molecule has 0 aromatic heterocycles. The highest BCUT2D eigenvalue weighted by molar-refractivity contribution is 5.95. The van der Waals surface area contributed by atoms with Crippen molar-refractivity contribution in [1.82, 2.24) is 0 Å². The average molecular weight is 196 g/mol. The molecule has 1 rings (SSSR count). The lowest BCUT2D eigenvalue weighted by Gasteiger charge is -2.17. The van der Waals surface area contributed by atoms with Gasteiger partial charge >= 0.3 is 0 Å². The van der Waals surface area contributed by atoms with E-state index in [0.29, 0.717) is 6.42 Å². The molecule has 0 aromatic rings. The van der Waals surface area contributed by atoms with Crippen LogP contribution < -0.4 is 0 Å². The summed E-state index contributed by atoms with van der Waals surface area (Å²) in [6, 6.07) is 0. The number of ether oxygens (including phenoxy) is 1. The highest BCUT2D eigenvalue weighted by Gasteiger charge is 2.17. The molecule has 0 aliphatic heterocycles. The van der Waals surface area contributed by atoms with E-state index < -0.39 is 0 Å². The molecule has 2 heteroatoms. The summed E-state index contributed by atoms with van der Waals surface area (Å²) in [6.07, 6.45) is 6.12. The molecule has 0 aromatic carbocycles. The quantitative estimate of drug-likeness (QED) is 0.631. The molecule has 0 unspecified atom stereocenters. The molecule has 0 saturated heterocycles. The predicted octanol–water partition coefficient (Wildman–Crippen LogP) is 3.22. The Hall–Kier alpha value is -0.790. The first kappa shape index (κ1) is 11.3. The van der Waals surface area contributed by atoms with Gasteiger partial charge in [0.1, 0.15) is 5.76 Å². The van der Waals surface area contributed by atoms with Crippen molar-refractivity contribution in [3.05, 3.63) is 11.3 Å². The monoisotopic (exact) mass is 196 g/mol. The zero-order valence-electron chi connectivity index (χ0n) is 9.27. The molecule has 80 valence electrons. The zero-order valence-corrected chi connectivity index (χ0v) is 9.27. The lowest BCUT2D eigenvalue weighted by Crippen LogP contribution is -2.11. The van der Waals surface area contributed by atoms with E-state index in [2.05, 4.69) is 6.92 Å². The van der Waals surface area contributed by atoms with E-state index in [9.17, 15) is 4.79 Å². The molecule has 0 bridgehead atoms. The van der Waals surface area contributed by atoms with Gasteiger partial charge in [-0.3, -0.25) is 4.79 Å². The molecule has 0 spiro atoms. The first-order chi connectivity index (χ1) is 6.75. The third-order valence-corrected chi connectivity index (χ3v) is 2.67. The minimum Gasteiger partial charge on any atom is -0.498 e. The largest absolute Gasteiger partial charge is 0.498 e. The fraction of sp³-hybridized carbons (Fsp3) is 0.750. The number of hydrogen-bond acceptors (Lipinski definition) is 2. The van der Waals surface area contributed by atoms with Crippen LogP contribution in [0.1, 0.15) is 52.4 Å². The summed E-state index contributed by atoms with van der Waals surface area (Å²) in [5, 5.41) is 0. The minimum absolute atomic E-state index is 0.266. The molecule has 0 heterocycles. The second kappa shape index (κ2) is 5.84. The zero-order chi connectivity index (χ0) is 10.4. The minimum atomic E-state index is 0.266. The van der Waals surface area contributed by atoms with Crippen molar-refractivity contribution in [2.75, 3.05) is 6.61 Å². The van der Waals surface area contributed by atoms with Gasteiger partial charge < -0.3 is 4.74 Å². The summed E-state index contributed by atoms with van der Waals surface area (Å²) in [4.78, 5) is 11.4. The van der Waals surface area contributed by atoms with Gasteiger partial charge in [-0.05, 0) is 19.8 Å². The first-order valence-corrected chi connectivity index (χ1v) is 5.61. The maximum Gasteiger partial charge on any atom is 0.161 e. The van der Waals surface area contributed by atoms with Crippen LogP contribution in [0.5, 0.6) is 0 Å². The van der Waals surface area contributed by atoms with Crippen LogP contribution in [0.15, 0.2) is 11.3 Å². The van der Waals surface area contributed by atoms with Crippen LogP contribution in [0.2, 0.25) is 0 Å². The molecule has 1 aliphatic rings. The molecule has 1 aliphatic carbocycles. The van der Waals surface area contributed by atoms with Gasteiger partial charge in [-0.2, -0.15) is 0 Å². The van der Waals surface area contributed by atoms with Crippen molar-refractivity contribution >= 4 is 5.78 Å². The molecular formula is C12H20O2. The molecule has 0 fully saturated rings. The van der Waals surface area contributed by atoms with E-state index in [0.717, 1.165) is 37.2 Å². The van der Waals surface area contributed by atoms with Gasteiger partial charge in [-0.15, -0.1) is 0 Å². The number of carbonyl (C=O) groups is 1. The fourth-order valence-electron chi connectivity index (χ4n) is 1.67. The normalized spacial score (nSPS) is 17.4. The number of hydrogen-bond donors (Lipinski definition) is 0. The van der Waals surface area contributed by atoms with Crippen molar-refractivity contribution in [2.45, 2.75) is 52.4 Å². The van der Waals surface area contributed by atoms with E-state index in [1.807, 2.05) is 6.92 Å². The summed E-state index contributed by atoms with van der Waals surface area (Å²) in [5.74, 6) is 1.21. The van der Waals surface area contributed by atoms with Crippen LogP contribution in [-0.2, 0) is 9.53 Å². The van der Waals surface area contributed by atoms with Gasteiger partial charge in [0.15, 0.2) is 5.78 Å². The summed E-state index contributed by atoms with van der Waals surface area (Å²) >= 11 is 0. The molecule has 0 radical (unpaired) electrons. The van der Waals surface area contributed by atoms with Gasteiger partial charge in [-0.25, -0.2) is 0 Å². The Kier molecular flexibility index (Phi) is 4.71. The number of unbranched alkanes of at least 4 members (excludes halogenated alkanes) is 2. The lowest BCUT2D eigenvalue weighted by molar-refractivity contribution is -0.116. The molecule has 14 heavy (non-hydrogen) atoms. The van der Waals surface area contributed by atoms with Crippen molar-refractivity contribution in [1.29, 1.82) is 0 Å². The van der Waals surface area contributed by atoms with Gasteiger partial charge in [-0.1, -0.05) is 19.8 Å². The number of allylic oxidation sites excluding steroid dienone is 2. The Labute approximate surface area is 86.3 Å². The highest BCUT2D eigenvalue weighted by atomic mass is 16.5. The summed E-state index contributed by atoms with van der Waals surface area (Å²) in [6.45, 7) is 4.83. The second-order valence-electron chi connectivity index (χ2n) is 3.88. The van der Waals surface area contributed by atoms with Crippen LogP contribution in [0.4, 0.5) is 0 Å². The summed E-state index contributed by atoms with van der Waals surface area (Å²) in [5.41, 5.74) is 0.854. The van der Waals surface area contributed by atoms with Gasteiger partial charge in [0.25, 0.3) is 0 Å². The number of ketones is 1. The number of Topliss-reactive ketones (excluding diaryl/α,β-unsaturated/α-hetero) is 1. The standard InChI is InChI=1S/C12H20O2/c1-3-4-5-9-14-12-8-6-7-11(13)10(12)2/h3-9H2,1-2H3. The third kappa shape index (κ3) is 3.17. The SMILES string of the molecule is CCCCCOC1=C(C)C(=O)CCC1. The van der Waals surface area contributed by atoms with Crippen molar-refractivity contribution in [3.8, 4) is 0 Å². The van der Waals surface area contributed by atoms with Gasteiger partial charge in [0.05, 0.1) is 6.61 Å². The molecule has 2 nitrogen and oxygen atoms in total. The number of carbonyl (C=O) groups excluding carboxylic acids is 1. The molecular weight excluding hydrogens is 176 g/mol. The van der Waals surface area contributed by atoms with Gasteiger partial charge in [0, 0.05) is 18.4 Å². The Morgan fingerprint density at radius 2 is 2.07 bits per heavy atom. The van der Waals surface area contributed by atoms with Crippen LogP contribution in [0, 0.1) is 0 Å².